The van der Waals surface area contributed by atoms with Crippen LogP contribution >= 0.6 is 31.9 Å². The Kier molecular flexibility index (Phi) is 4.15. The van der Waals surface area contributed by atoms with Gasteiger partial charge in [-0.25, -0.2) is 9.97 Å². The maximum Gasteiger partial charge on any atom is 0.265 e. The Labute approximate surface area is 251 Å². The van der Waals surface area contributed by atoms with Crippen LogP contribution in [0.15, 0.2) is 103 Å². The molecular formula is C34H14Br2N4O2. The van der Waals surface area contributed by atoms with Crippen LogP contribution in [0.5, 0.6) is 0 Å². The van der Waals surface area contributed by atoms with Crippen LogP contribution in [0.25, 0.3) is 87.2 Å². The van der Waals surface area contributed by atoms with Gasteiger partial charge >= 0.3 is 0 Å². The zero-order valence-corrected chi connectivity index (χ0v) is 24.6. The highest BCUT2D eigenvalue weighted by atomic mass is 79.9. The van der Waals surface area contributed by atoms with Crippen molar-refractivity contribution in [3.8, 4) is 0 Å². The first-order valence-electron chi connectivity index (χ1n) is 13.4. The fourth-order valence-electron chi connectivity index (χ4n) is 7.06. The van der Waals surface area contributed by atoms with Gasteiger partial charge in [0.25, 0.3) is 11.1 Å². The molecule has 4 aromatic heterocycles. The molecule has 6 aromatic carbocycles. The van der Waals surface area contributed by atoms with E-state index in [9.17, 15) is 9.59 Å². The molecule has 10 rings (SSSR count). The monoisotopic (exact) mass is 668 g/mol. The van der Waals surface area contributed by atoms with Crippen molar-refractivity contribution in [2.45, 2.75) is 0 Å². The minimum absolute atomic E-state index is 0.189. The van der Waals surface area contributed by atoms with Crippen LogP contribution in [0, 0.1) is 0 Å². The number of rotatable bonds is 0. The van der Waals surface area contributed by atoms with Crippen LogP contribution in [0.1, 0.15) is 0 Å². The number of hydrogen-bond donors (Lipinski definition) is 0. The molecule has 8 heteroatoms. The number of fused-ring (bicyclic) bond motifs is 6. The van der Waals surface area contributed by atoms with E-state index < -0.39 is 0 Å². The minimum atomic E-state index is -0.189. The summed E-state index contributed by atoms with van der Waals surface area (Å²) >= 11 is 7.53. The average molecular weight is 670 g/mol. The molecule has 6 nitrogen and oxygen atoms in total. The van der Waals surface area contributed by atoms with Crippen molar-refractivity contribution in [1.29, 1.82) is 0 Å². The Balaban J connectivity index is 1.55. The van der Waals surface area contributed by atoms with Gasteiger partial charge in [-0.15, -0.1) is 0 Å². The molecule has 0 N–H and O–H groups in total. The molecule has 42 heavy (non-hydrogen) atoms. The summed E-state index contributed by atoms with van der Waals surface area (Å²) < 4.78 is 4.70. The Morgan fingerprint density at radius 2 is 0.905 bits per heavy atom. The summed E-state index contributed by atoms with van der Waals surface area (Å²) in [5, 5.41) is 7.91. The van der Waals surface area contributed by atoms with Crippen molar-refractivity contribution in [2.75, 3.05) is 0 Å². The third-order valence-corrected chi connectivity index (χ3v) is 9.95. The first-order valence-corrected chi connectivity index (χ1v) is 15.0. The fourth-order valence-corrected chi connectivity index (χ4v) is 8.25. The van der Waals surface area contributed by atoms with Crippen LogP contribution in [0.3, 0.4) is 0 Å². The topological polar surface area (TPSA) is 68.7 Å². The van der Waals surface area contributed by atoms with E-state index in [0.29, 0.717) is 41.8 Å². The molecule has 0 unspecified atom stereocenters. The van der Waals surface area contributed by atoms with E-state index in [4.69, 9.17) is 9.97 Å². The molecular weight excluding hydrogens is 656 g/mol. The van der Waals surface area contributed by atoms with E-state index >= 15 is 0 Å². The lowest BCUT2D eigenvalue weighted by molar-refractivity contribution is 1.14. The lowest BCUT2D eigenvalue weighted by atomic mass is 9.95. The van der Waals surface area contributed by atoms with E-state index in [1.54, 1.807) is 8.80 Å². The second-order valence-corrected chi connectivity index (χ2v) is 12.5. The van der Waals surface area contributed by atoms with E-state index in [1.165, 1.54) is 0 Å². The van der Waals surface area contributed by atoms with Gasteiger partial charge in [0.2, 0.25) is 0 Å². The van der Waals surface area contributed by atoms with Gasteiger partial charge in [0.15, 0.2) is 0 Å². The number of nitrogens with zero attached hydrogens (tertiary/aromatic N) is 4. The van der Waals surface area contributed by atoms with Gasteiger partial charge in [-0.2, -0.15) is 0 Å². The smallest absolute Gasteiger partial charge is 0.265 e. The maximum atomic E-state index is 14.5. The summed E-state index contributed by atoms with van der Waals surface area (Å²) in [7, 11) is 0. The predicted octanol–water partition coefficient (Wildman–Crippen LogP) is 8.18. The summed E-state index contributed by atoms with van der Waals surface area (Å²) in [6.07, 6.45) is 0. The number of halogens is 2. The molecule has 0 aliphatic heterocycles. The summed E-state index contributed by atoms with van der Waals surface area (Å²) in [4.78, 5) is 39.0. The molecule has 0 saturated carbocycles. The lowest BCUT2D eigenvalue weighted by Gasteiger charge is -2.19. The number of benzene rings is 6. The van der Waals surface area contributed by atoms with Crippen LogP contribution in [-0.4, -0.2) is 18.8 Å². The molecule has 10 aromatic rings. The van der Waals surface area contributed by atoms with Crippen molar-refractivity contribution in [2.24, 2.45) is 0 Å². The average Bonchev–Trinajstić information content (AvgIpc) is 2.99. The van der Waals surface area contributed by atoms with E-state index in [1.807, 2.05) is 84.9 Å². The van der Waals surface area contributed by atoms with E-state index in [2.05, 4.69) is 31.9 Å². The maximum absolute atomic E-state index is 14.5. The lowest BCUT2D eigenvalue weighted by Crippen LogP contribution is -2.20. The van der Waals surface area contributed by atoms with Crippen LogP contribution in [0.2, 0.25) is 0 Å². The van der Waals surface area contributed by atoms with E-state index in [-0.39, 0.29) is 11.1 Å². The van der Waals surface area contributed by atoms with Gasteiger partial charge in [0.05, 0.1) is 32.8 Å². The standard InChI is InChI=1S/C34H14Br2N4O2/c35-19-13-17-27-28-18(32-38-22-10-2-6-16-8-4-12-24(26(16)22)40(32)34(42)30(19)28)14-20(36)29(27)33(41)39-23-11-3-7-15-5-1-9-21(25(15)23)37-31(17)39/h1-14H. The van der Waals surface area contributed by atoms with Crippen molar-refractivity contribution in [3.05, 3.63) is 115 Å². The van der Waals surface area contributed by atoms with Crippen LogP contribution in [0.4, 0.5) is 0 Å². The molecule has 0 fully saturated rings. The molecule has 0 bridgehead atoms. The van der Waals surface area contributed by atoms with Gasteiger partial charge in [-0.3, -0.25) is 18.4 Å². The largest absolute Gasteiger partial charge is 0.268 e. The molecule has 0 atom stereocenters. The van der Waals surface area contributed by atoms with Gasteiger partial charge < -0.3 is 0 Å². The van der Waals surface area contributed by atoms with Gasteiger partial charge in [0, 0.05) is 41.3 Å². The quantitative estimate of drug-likeness (QED) is 0.121. The van der Waals surface area contributed by atoms with Gasteiger partial charge in [0.1, 0.15) is 11.3 Å². The normalized spacial score (nSPS) is 12.7. The third-order valence-electron chi connectivity index (χ3n) is 8.70. The minimum Gasteiger partial charge on any atom is -0.268 e. The second-order valence-electron chi connectivity index (χ2n) is 10.8. The van der Waals surface area contributed by atoms with Crippen molar-refractivity contribution in [3.63, 3.8) is 0 Å². The first kappa shape index (κ1) is 23.0. The number of aromatic nitrogens is 4. The first-order chi connectivity index (χ1) is 20.5. The molecule has 4 heterocycles. The predicted molar refractivity (Wildman–Crippen MR) is 177 cm³/mol. The highest BCUT2D eigenvalue weighted by Gasteiger charge is 2.25. The zero-order chi connectivity index (χ0) is 28.0. The van der Waals surface area contributed by atoms with Gasteiger partial charge in [-0.05, 0) is 79.0 Å². The Bertz CT molecular complexity index is 2770. The Morgan fingerprint density at radius 3 is 1.33 bits per heavy atom. The number of hydrogen-bond acceptors (Lipinski definition) is 4. The van der Waals surface area contributed by atoms with Crippen LogP contribution < -0.4 is 11.1 Å². The summed E-state index contributed by atoms with van der Waals surface area (Å²) in [5.74, 6) is 0. The summed E-state index contributed by atoms with van der Waals surface area (Å²) in [6.45, 7) is 0. The molecule has 196 valence electrons. The Hall–Kier alpha value is -4.66. The molecule has 0 spiro atoms. The van der Waals surface area contributed by atoms with Gasteiger partial charge in [-0.1, -0.05) is 48.5 Å². The summed E-state index contributed by atoms with van der Waals surface area (Å²) in [5.41, 5.74) is 3.93. The fraction of sp³-hybridized carbons (Fsp3) is 0. The van der Waals surface area contributed by atoms with Crippen molar-refractivity contribution < 1.29 is 0 Å². The highest BCUT2D eigenvalue weighted by molar-refractivity contribution is 9.11. The van der Waals surface area contributed by atoms with Crippen molar-refractivity contribution >= 4 is 119 Å². The Morgan fingerprint density at radius 1 is 0.500 bits per heavy atom. The van der Waals surface area contributed by atoms with E-state index in [0.717, 1.165) is 54.4 Å². The molecule has 0 radical (unpaired) electrons. The molecule has 0 amide bonds. The molecule has 0 aliphatic rings. The zero-order valence-electron chi connectivity index (χ0n) is 21.4. The van der Waals surface area contributed by atoms with Crippen LogP contribution in [-0.2, 0) is 0 Å². The highest BCUT2D eigenvalue weighted by Crippen LogP contribution is 2.43. The summed E-state index contributed by atoms with van der Waals surface area (Å²) in [6, 6.07) is 27.8. The second kappa shape index (κ2) is 7.59. The third kappa shape index (κ3) is 2.57. The molecule has 0 saturated heterocycles. The number of pyridine rings is 2. The SMILES string of the molecule is O=c1c2c(Br)cc3c4c(c(Br)cc(c24)c2nc4cccc5cccc(c54)n12)c(=O)n1c2cccc4cccc(nc31)c42. The molecule has 0 aliphatic carbocycles. The van der Waals surface area contributed by atoms with Crippen molar-refractivity contribution in [1.82, 2.24) is 18.8 Å².